The van der Waals surface area contributed by atoms with Crippen LogP contribution in [-0.2, 0) is 6.42 Å². The molecule has 1 aromatic carbocycles. The molecule has 0 amide bonds. The Morgan fingerprint density at radius 1 is 1.25 bits per heavy atom. The van der Waals surface area contributed by atoms with Crippen molar-refractivity contribution in [3.8, 4) is 11.4 Å². The quantitative estimate of drug-likeness (QED) is 0.455. The fourth-order valence-electron chi connectivity index (χ4n) is 2.14. The number of furan rings is 1. The van der Waals surface area contributed by atoms with E-state index in [1.54, 1.807) is 6.26 Å². The molecule has 0 aliphatic carbocycles. The standard InChI is InChI=1S/C15H12ClIN2O/c1-2-5-11-13(17)14(16)19-15(18-11)10-8-20-12-7-4-3-6-9(10)12/h3-4,6-8H,2,5H2,1H3. The van der Waals surface area contributed by atoms with Gasteiger partial charge in [0.2, 0.25) is 0 Å². The highest BCUT2D eigenvalue weighted by molar-refractivity contribution is 14.1. The van der Waals surface area contributed by atoms with Crippen molar-refractivity contribution in [3.05, 3.63) is 44.9 Å². The Balaban J connectivity index is 2.19. The summed E-state index contributed by atoms with van der Waals surface area (Å²) in [5.74, 6) is 0.629. The van der Waals surface area contributed by atoms with Gasteiger partial charge in [-0.3, -0.25) is 0 Å². The van der Waals surface area contributed by atoms with Crippen molar-refractivity contribution >= 4 is 45.2 Å². The molecule has 5 heteroatoms. The average Bonchev–Trinajstić information content (AvgIpc) is 2.88. The molecule has 0 aliphatic heterocycles. The second-order valence-electron chi connectivity index (χ2n) is 4.49. The van der Waals surface area contributed by atoms with Crippen LogP contribution in [0, 0.1) is 3.57 Å². The summed E-state index contributed by atoms with van der Waals surface area (Å²) in [7, 11) is 0. The molecule has 0 atom stereocenters. The van der Waals surface area contributed by atoms with E-state index in [4.69, 9.17) is 16.0 Å². The summed E-state index contributed by atoms with van der Waals surface area (Å²) in [4.78, 5) is 9.05. The van der Waals surface area contributed by atoms with Crippen LogP contribution >= 0.6 is 34.2 Å². The van der Waals surface area contributed by atoms with E-state index < -0.39 is 0 Å². The predicted octanol–water partition coefficient (Wildman–Crippen LogP) is 5.10. The van der Waals surface area contributed by atoms with Gasteiger partial charge in [0.05, 0.1) is 14.8 Å². The van der Waals surface area contributed by atoms with Crippen LogP contribution in [-0.4, -0.2) is 9.97 Å². The topological polar surface area (TPSA) is 38.9 Å². The van der Waals surface area contributed by atoms with E-state index in [1.165, 1.54) is 0 Å². The first-order chi connectivity index (χ1) is 9.70. The first-order valence-electron chi connectivity index (χ1n) is 6.39. The molecular weight excluding hydrogens is 387 g/mol. The smallest absolute Gasteiger partial charge is 0.165 e. The van der Waals surface area contributed by atoms with E-state index in [0.717, 1.165) is 38.6 Å². The highest BCUT2D eigenvalue weighted by Gasteiger charge is 2.15. The minimum absolute atomic E-state index is 0.504. The molecule has 0 N–H and O–H groups in total. The van der Waals surface area contributed by atoms with Crippen LogP contribution in [0.4, 0.5) is 0 Å². The summed E-state index contributed by atoms with van der Waals surface area (Å²) in [6.45, 7) is 2.12. The van der Waals surface area contributed by atoms with E-state index >= 15 is 0 Å². The zero-order valence-corrected chi connectivity index (χ0v) is 13.8. The second-order valence-corrected chi connectivity index (χ2v) is 5.93. The molecule has 0 fully saturated rings. The van der Waals surface area contributed by atoms with E-state index in [2.05, 4.69) is 39.5 Å². The summed E-state index contributed by atoms with van der Waals surface area (Å²) >= 11 is 8.43. The van der Waals surface area contributed by atoms with Gasteiger partial charge in [0.25, 0.3) is 0 Å². The minimum atomic E-state index is 0.504. The molecule has 0 aliphatic rings. The van der Waals surface area contributed by atoms with Crippen LogP contribution < -0.4 is 0 Å². The van der Waals surface area contributed by atoms with Crippen molar-refractivity contribution in [2.75, 3.05) is 0 Å². The van der Waals surface area contributed by atoms with Gasteiger partial charge >= 0.3 is 0 Å². The van der Waals surface area contributed by atoms with Gasteiger partial charge in [0.1, 0.15) is 17.0 Å². The Labute approximate surface area is 135 Å². The first-order valence-corrected chi connectivity index (χ1v) is 7.85. The number of halogens is 2. The van der Waals surface area contributed by atoms with Crippen LogP contribution in [0.15, 0.2) is 34.9 Å². The van der Waals surface area contributed by atoms with E-state index in [1.807, 2.05) is 24.3 Å². The first kappa shape index (κ1) is 13.8. The van der Waals surface area contributed by atoms with Gasteiger partial charge in [0, 0.05) is 5.39 Å². The van der Waals surface area contributed by atoms with Gasteiger partial charge in [-0.25, -0.2) is 9.97 Å². The zero-order chi connectivity index (χ0) is 14.1. The lowest BCUT2D eigenvalue weighted by atomic mass is 10.1. The molecule has 2 heterocycles. The number of fused-ring (bicyclic) bond motifs is 1. The van der Waals surface area contributed by atoms with Gasteiger partial charge in [-0.05, 0) is 35.1 Å². The van der Waals surface area contributed by atoms with Crippen molar-refractivity contribution in [3.63, 3.8) is 0 Å². The van der Waals surface area contributed by atoms with Crippen molar-refractivity contribution in [1.29, 1.82) is 0 Å². The Kier molecular flexibility index (Phi) is 3.94. The summed E-state index contributed by atoms with van der Waals surface area (Å²) in [5.41, 5.74) is 2.71. The van der Waals surface area contributed by atoms with Crippen LogP contribution in [0.3, 0.4) is 0 Å². The molecule has 0 radical (unpaired) electrons. The van der Waals surface area contributed by atoms with Gasteiger partial charge in [-0.1, -0.05) is 43.1 Å². The Hall–Kier alpha value is -1.14. The largest absolute Gasteiger partial charge is 0.464 e. The monoisotopic (exact) mass is 398 g/mol. The maximum atomic E-state index is 6.23. The molecule has 0 spiro atoms. The molecule has 102 valence electrons. The van der Waals surface area contributed by atoms with Crippen molar-refractivity contribution in [2.24, 2.45) is 0 Å². The Bertz CT molecular complexity index is 770. The number of hydrogen-bond donors (Lipinski definition) is 0. The molecule has 3 rings (SSSR count). The van der Waals surface area contributed by atoms with Crippen LogP contribution in [0.5, 0.6) is 0 Å². The van der Waals surface area contributed by atoms with Gasteiger partial charge in [-0.15, -0.1) is 0 Å². The van der Waals surface area contributed by atoms with Crippen molar-refractivity contribution in [1.82, 2.24) is 9.97 Å². The third kappa shape index (κ3) is 2.42. The fourth-order valence-corrected chi connectivity index (χ4v) is 2.84. The van der Waals surface area contributed by atoms with E-state index in [0.29, 0.717) is 11.0 Å². The van der Waals surface area contributed by atoms with E-state index in [-0.39, 0.29) is 0 Å². The summed E-state index contributed by atoms with van der Waals surface area (Å²) < 4.78 is 6.48. The summed E-state index contributed by atoms with van der Waals surface area (Å²) in [6.07, 6.45) is 3.61. The maximum Gasteiger partial charge on any atom is 0.165 e. The van der Waals surface area contributed by atoms with Crippen LogP contribution in [0.1, 0.15) is 19.0 Å². The molecule has 3 aromatic rings. The number of aromatic nitrogens is 2. The molecule has 0 saturated heterocycles. The molecule has 0 saturated carbocycles. The number of nitrogens with zero attached hydrogens (tertiary/aromatic N) is 2. The van der Waals surface area contributed by atoms with E-state index in [9.17, 15) is 0 Å². The Morgan fingerprint density at radius 3 is 2.85 bits per heavy atom. The number of rotatable bonds is 3. The van der Waals surface area contributed by atoms with Crippen LogP contribution in [0.25, 0.3) is 22.4 Å². The molecular formula is C15H12ClIN2O. The molecule has 0 bridgehead atoms. The summed E-state index contributed by atoms with van der Waals surface area (Å²) in [6, 6.07) is 7.85. The van der Waals surface area contributed by atoms with Crippen LogP contribution in [0.2, 0.25) is 5.15 Å². The second kappa shape index (κ2) is 5.69. The highest BCUT2D eigenvalue weighted by Crippen LogP contribution is 2.30. The van der Waals surface area contributed by atoms with Gasteiger partial charge in [-0.2, -0.15) is 0 Å². The van der Waals surface area contributed by atoms with Crippen molar-refractivity contribution < 1.29 is 4.42 Å². The SMILES string of the molecule is CCCc1nc(-c2coc3ccccc23)nc(Cl)c1I. The number of para-hydroxylation sites is 1. The molecule has 0 unspecified atom stereocenters. The lowest BCUT2D eigenvalue weighted by Crippen LogP contribution is -2.00. The molecule has 20 heavy (non-hydrogen) atoms. The minimum Gasteiger partial charge on any atom is -0.464 e. The predicted molar refractivity (Wildman–Crippen MR) is 89.0 cm³/mol. The maximum absolute atomic E-state index is 6.23. The number of aryl methyl sites for hydroxylation is 1. The van der Waals surface area contributed by atoms with Gasteiger partial charge < -0.3 is 4.42 Å². The average molecular weight is 399 g/mol. The molecule has 3 nitrogen and oxygen atoms in total. The van der Waals surface area contributed by atoms with Crippen molar-refractivity contribution in [2.45, 2.75) is 19.8 Å². The third-order valence-electron chi connectivity index (χ3n) is 3.09. The van der Waals surface area contributed by atoms with Gasteiger partial charge in [0.15, 0.2) is 5.82 Å². The lowest BCUT2D eigenvalue weighted by molar-refractivity contribution is 0.616. The normalized spacial score (nSPS) is 11.2. The lowest BCUT2D eigenvalue weighted by Gasteiger charge is -2.06. The zero-order valence-electron chi connectivity index (χ0n) is 10.9. The molecule has 2 aromatic heterocycles. The highest BCUT2D eigenvalue weighted by atomic mass is 127. The Morgan fingerprint density at radius 2 is 2.05 bits per heavy atom. The summed E-state index contributed by atoms with van der Waals surface area (Å²) in [5, 5.41) is 1.51. The fraction of sp³-hybridized carbons (Fsp3) is 0.200. The third-order valence-corrected chi connectivity index (χ3v) is 4.81. The number of benzene rings is 1. The number of hydrogen-bond acceptors (Lipinski definition) is 3.